The van der Waals surface area contributed by atoms with Gasteiger partial charge in [-0.1, -0.05) is 19.1 Å². The summed E-state index contributed by atoms with van der Waals surface area (Å²) in [5, 5.41) is 8.93. The fourth-order valence-electron chi connectivity index (χ4n) is 1.66. The lowest BCUT2D eigenvalue weighted by molar-refractivity contribution is 0.628. The number of aromatic amines is 1. The van der Waals surface area contributed by atoms with Crippen LogP contribution in [0.4, 0.5) is 4.39 Å². The van der Waals surface area contributed by atoms with E-state index in [0.29, 0.717) is 12.2 Å². The van der Waals surface area contributed by atoms with Gasteiger partial charge in [-0.3, -0.25) is 0 Å². The van der Waals surface area contributed by atoms with Gasteiger partial charge in [0.15, 0.2) is 0 Å². The predicted molar refractivity (Wildman–Crippen MR) is 62.6 cm³/mol. The Morgan fingerprint density at radius 3 is 3.00 bits per heavy atom. The SMILES string of the molecule is CCC(C#N)c1ncc(-c2cccc(F)c2)[nH]1. The second-order valence-corrected chi connectivity index (χ2v) is 3.78. The molecule has 1 aromatic carbocycles. The van der Waals surface area contributed by atoms with Gasteiger partial charge in [-0.2, -0.15) is 5.26 Å². The van der Waals surface area contributed by atoms with Gasteiger partial charge in [0.2, 0.25) is 0 Å². The average Bonchev–Trinajstić information content (AvgIpc) is 2.80. The molecule has 0 saturated carbocycles. The van der Waals surface area contributed by atoms with Gasteiger partial charge < -0.3 is 4.98 Å². The summed E-state index contributed by atoms with van der Waals surface area (Å²) in [6.07, 6.45) is 2.33. The zero-order valence-electron chi connectivity index (χ0n) is 9.44. The van der Waals surface area contributed by atoms with Gasteiger partial charge in [0.25, 0.3) is 0 Å². The quantitative estimate of drug-likeness (QED) is 0.878. The Labute approximate surface area is 98.9 Å². The number of H-pyrrole nitrogens is 1. The molecule has 1 aromatic heterocycles. The predicted octanol–water partition coefficient (Wildman–Crippen LogP) is 3.23. The zero-order chi connectivity index (χ0) is 12.3. The first-order chi connectivity index (χ1) is 8.24. The van der Waals surface area contributed by atoms with E-state index in [2.05, 4.69) is 16.0 Å². The van der Waals surface area contributed by atoms with E-state index in [1.165, 1.54) is 12.1 Å². The van der Waals surface area contributed by atoms with Crippen molar-refractivity contribution in [3.63, 3.8) is 0 Å². The van der Waals surface area contributed by atoms with Crippen molar-refractivity contribution in [2.75, 3.05) is 0 Å². The van der Waals surface area contributed by atoms with Crippen molar-refractivity contribution in [3.8, 4) is 17.3 Å². The lowest BCUT2D eigenvalue weighted by Crippen LogP contribution is -1.95. The molecule has 2 rings (SSSR count). The molecule has 3 nitrogen and oxygen atoms in total. The van der Waals surface area contributed by atoms with Gasteiger partial charge in [0, 0.05) is 5.56 Å². The van der Waals surface area contributed by atoms with Crippen LogP contribution in [0.1, 0.15) is 25.1 Å². The van der Waals surface area contributed by atoms with E-state index in [9.17, 15) is 4.39 Å². The number of hydrogen-bond donors (Lipinski definition) is 1. The van der Waals surface area contributed by atoms with E-state index < -0.39 is 0 Å². The highest BCUT2D eigenvalue weighted by molar-refractivity contribution is 5.58. The first kappa shape index (κ1) is 11.3. The minimum absolute atomic E-state index is 0.239. The molecule has 86 valence electrons. The molecular formula is C13H12FN3. The average molecular weight is 229 g/mol. The second kappa shape index (κ2) is 4.79. The Morgan fingerprint density at radius 2 is 2.35 bits per heavy atom. The topological polar surface area (TPSA) is 52.5 Å². The standard InChI is InChI=1S/C13H12FN3/c1-2-9(7-15)13-16-8-12(17-13)10-4-3-5-11(14)6-10/h3-6,8-9H,2H2,1H3,(H,16,17). The highest BCUT2D eigenvalue weighted by Gasteiger charge is 2.12. The number of nitrogens with one attached hydrogen (secondary N) is 1. The molecular weight excluding hydrogens is 217 g/mol. The second-order valence-electron chi connectivity index (χ2n) is 3.78. The molecule has 0 fully saturated rings. The Bertz CT molecular complexity index is 554. The lowest BCUT2D eigenvalue weighted by Gasteiger charge is -2.01. The van der Waals surface area contributed by atoms with Crippen molar-refractivity contribution in [2.45, 2.75) is 19.3 Å². The van der Waals surface area contributed by atoms with Crippen LogP contribution in [-0.4, -0.2) is 9.97 Å². The van der Waals surface area contributed by atoms with E-state index in [1.54, 1.807) is 18.3 Å². The van der Waals surface area contributed by atoms with Crippen molar-refractivity contribution < 1.29 is 4.39 Å². The third kappa shape index (κ3) is 2.34. The Morgan fingerprint density at radius 1 is 1.53 bits per heavy atom. The van der Waals surface area contributed by atoms with Crippen molar-refractivity contribution >= 4 is 0 Å². The molecule has 4 heteroatoms. The first-order valence-corrected chi connectivity index (χ1v) is 5.45. The lowest BCUT2D eigenvalue weighted by atomic mass is 10.1. The van der Waals surface area contributed by atoms with Crippen LogP contribution in [0.25, 0.3) is 11.3 Å². The van der Waals surface area contributed by atoms with E-state index in [1.807, 2.05) is 6.92 Å². The van der Waals surface area contributed by atoms with E-state index >= 15 is 0 Å². The van der Waals surface area contributed by atoms with E-state index in [4.69, 9.17) is 5.26 Å². The Hall–Kier alpha value is -2.15. The van der Waals surface area contributed by atoms with E-state index in [-0.39, 0.29) is 11.7 Å². The van der Waals surface area contributed by atoms with Gasteiger partial charge in [0.1, 0.15) is 17.6 Å². The van der Waals surface area contributed by atoms with Gasteiger partial charge in [0.05, 0.1) is 18.0 Å². The number of hydrogen-bond acceptors (Lipinski definition) is 2. The molecule has 0 spiro atoms. The summed E-state index contributed by atoms with van der Waals surface area (Å²) in [6, 6.07) is 8.45. The third-order valence-corrected chi connectivity index (χ3v) is 2.63. The number of halogens is 1. The Balaban J connectivity index is 2.33. The zero-order valence-corrected chi connectivity index (χ0v) is 9.44. The number of rotatable bonds is 3. The number of nitriles is 1. The normalized spacial score (nSPS) is 12.1. The van der Waals surface area contributed by atoms with Crippen molar-refractivity contribution in [2.24, 2.45) is 0 Å². The number of benzene rings is 1. The molecule has 0 bridgehead atoms. The van der Waals surface area contributed by atoms with Gasteiger partial charge in [-0.25, -0.2) is 9.37 Å². The number of imidazole rings is 1. The maximum Gasteiger partial charge on any atom is 0.123 e. The maximum atomic E-state index is 13.1. The molecule has 0 aliphatic heterocycles. The molecule has 0 radical (unpaired) electrons. The minimum atomic E-state index is -0.286. The highest BCUT2D eigenvalue weighted by Crippen LogP contribution is 2.21. The molecule has 1 atom stereocenters. The van der Waals surface area contributed by atoms with Gasteiger partial charge in [-0.05, 0) is 18.6 Å². The molecule has 0 aliphatic carbocycles. The fraction of sp³-hybridized carbons (Fsp3) is 0.231. The van der Waals surface area contributed by atoms with Crippen LogP contribution < -0.4 is 0 Å². The molecule has 1 heterocycles. The smallest absolute Gasteiger partial charge is 0.123 e. The molecule has 17 heavy (non-hydrogen) atoms. The monoisotopic (exact) mass is 229 g/mol. The Kier molecular flexibility index (Phi) is 3.20. The minimum Gasteiger partial charge on any atom is -0.341 e. The van der Waals surface area contributed by atoms with Crippen LogP contribution in [0, 0.1) is 17.1 Å². The summed E-state index contributed by atoms with van der Waals surface area (Å²) >= 11 is 0. The van der Waals surface area contributed by atoms with Gasteiger partial charge in [-0.15, -0.1) is 0 Å². The number of nitrogens with zero attached hydrogens (tertiary/aromatic N) is 2. The van der Waals surface area contributed by atoms with E-state index in [0.717, 1.165) is 11.3 Å². The number of aromatic nitrogens is 2. The molecule has 1 N–H and O–H groups in total. The summed E-state index contributed by atoms with van der Waals surface area (Å²) < 4.78 is 13.1. The molecule has 2 aromatic rings. The van der Waals surface area contributed by atoms with Crippen LogP contribution in [0.15, 0.2) is 30.5 Å². The summed E-state index contributed by atoms with van der Waals surface area (Å²) in [5.74, 6) is 0.109. The summed E-state index contributed by atoms with van der Waals surface area (Å²) in [6.45, 7) is 1.93. The summed E-state index contributed by atoms with van der Waals surface area (Å²) in [4.78, 5) is 7.22. The first-order valence-electron chi connectivity index (χ1n) is 5.45. The van der Waals surface area contributed by atoms with Crippen LogP contribution in [-0.2, 0) is 0 Å². The molecule has 0 saturated heterocycles. The van der Waals surface area contributed by atoms with Crippen LogP contribution in [0.2, 0.25) is 0 Å². The van der Waals surface area contributed by atoms with Gasteiger partial charge >= 0.3 is 0 Å². The fourth-order valence-corrected chi connectivity index (χ4v) is 1.66. The van der Waals surface area contributed by atoms with Crippen LogP contribution in [0.5, 0.6) is 0 Å². The van der Waals surface area contributed by atoms with Crippen molar-refractivity contribution in [1.82, 2.24) is 9.97 Å². The molecule has 1 unspecified atom stereocenters. The molecule has 0 aliphatic rings. The molecule has 0 amide bonds. The van der Waals surface area contributed by atoms with Crippen LogP contribution >= 0.6 is 0 Å². The largest absolute Gasteiger partial charge is 0.341 e. The van der Waals surface area contributed by atoms with Crippen LogP contribution in [0.3, 0.4) is 0 Å². The maximum absolute atomic E-state index is 13.1. The third-order valence-electron chi connectivity index (χ3n) is 2.63. The van der Waals surface area contributed by atoms with Crippen molar-refractivity contribution in [1.29, 1.82) is 5.26 Å². The highest BCUT2D eigenvalue weighted by atomic mass is 19.1. The summed E-state index contributed by atoms with van der Waals surface area (Å²) in [7, 11) is 0. The summed E-state index contributed by atoms with van der Waals surface area (Å²) in [5.41, 5.74) is 1.46. The van der Waals surface area contributed by atoms with Crippen molar-refractivity contribution in [3.05, 3.63) is 42.1 Å².